The first kappa shape index (κ1) is 19.4. The molecular formula is C17H21ClN6O2S. The van der Waals surface area contributed by atoms with Gasteiger partial charge in [-0.2, -0.15) is 4.98 Å². The molecule has 1 atom stereocenters. The summed E-state index contributed by atoms with van der Waals surface area (Å²) in [6, 6.07) is 7.15. The van der Waals surface area contributed by atoms with Gasteiger partial charge in [0.25, 0.3) is 0 Å². The van der Waals surface area contributed by atoms with Crippen molar-refractivity contribution in [3.8, 4) is 0 Å². The summed E-state index contributed by atoms with van der Waals surface area (Å²) >= 11 is 5.92. The Morgan fingerprint density at radius 2 is 1.96 bits per heavy atom. The lowest BCUT2D eigenvalue weighted by Crippen LogP contribution is -2.18. The predicted molar refractivity (Wildman–Crippen MR) is 107 cm³/mol. The van der Waals surface area contributed by atoms with Gasteiger partial charge in [0.2, 0.25) is 5.16 Å². The molecule has 1 unspecified atom stereocenters. The van der Waals surface area contributed by atoms with Crippen molar-refractivity contribution < 1.29 is 4.21 Å². The number of aromatic amines is 1. The molecule has 0 aliphatic carbocycles. The van der Waals surface area contributed by atoms with Crippen molar-refractivity contribution in [2.24, 2.45) is 0 Å². The summed E-state index contributed by atoms with van der Waals surface area (Å²) in [6.45, 7) is 4.57. The molecule has 0 saturated carbocycles. The molecule has 27 heavy (non-hydrogen) atoms. The van der Waals surface area contributed by atoms with Gasteiger partial charge in [-0.1, -0.05) is 30.7 Å². The van der Waals surface area contributed by atoms with Crippen molar-refractivity contribution >= 4 is 38.3 Å². The van der Waals surface area contributed by atoms with E-state index < -0.39 is 9.73 Å². The minimum absolute atomic E-state index is 0.0587. The second kappa shape index (κ2) is 7.69. The average molecular weight is 409 g/mol. The maximum atomic E-state index is 12.7. The number of benzene rings is 1. The van der Waals surface area contributed by atoms with Crippen LogP contribution in [-0.4, -0.2) is 36.0 Å². The molecule has 10 heteroatoms. The van der Waals surface area contributed by atoms with E-state index in [1.165, 1.54) is 4.57 Å². The highest BCUT2D eigenvalue weighted by atomic mass is 35.5. The summed E-state index contributed by atoms with van der Waals surface area (Å²) in [5.74, 6) is 0.538. The third kappa shape index (κ3) is 3.98. The van der Waals surface area contributed by atoms with Crippen LogP contribution >= 0.6 is 11.6 Å². The average Bonchev–Trinajstić information content (AvgIpc) is 2.93. The lowest BCUT2D eigenvalue weighted by molar-refractivity contribution is 0.664. The minimum Gasteiger partial charge on any atom is -0.368 e. The topological polar surface area (TPSA) is 117 Å². The summed E-state index contributed by atoms with van der Waals surface area (Å²) in [7, 11) is -3.14. The minimum atomic E-state index is -3.14. The summed E-state index contributed by atoms with van der Waals surface area (Å²) in [5.41, 5.74) is 1.28. The first-order valence-electron chi connectivity index (χ1n) is 8.61. The molecule has 0 fully saturated rings. The second-order valence-corrected chi connectivity index (χ2v) is 8.67. The largest absolute Gasteiger partial charge is 0.368 e. The van der Waals surface area contributed by atoms with Gasteiger partial charge in [0.15, 0.2) is 11.5 Å². The molecule has 2 heterocycles. The second-order valence-electron chi connectivity index (χ2n) is 6.11. The fraction of sp³-hybridized carbons (Fsp3) is 0.353. The monoisotopic (exact) mass is 408 g/mol. The summed E-state index contributed by atoms with van der Waals surface area (Å²) in [5, 5.41) is 3.61. The molecular weight excluding hydrogens is 388 g/mol. The van der Waals surface area contributed by atoms with Crippen molar-refractivity contribution in [1.29, 1.82) is 4.78 Å². The molecule has 0 bridgehead atoms. The number of nitrogens with one attached hydrogen (secondary N) is 3. The molecule has 0 radical (unpaired) electrons. The van der Waals surface area contributed by atoms with E-state index in [0.717, 1.165) is 5.56 Å². The zero-order chi connectivity index (χ0) is 19.6. The number of hydrogen-bond acceptors (Lipinski definition) is 6. The van der Waals surface area contributed by atoms with Crippen LogP contribution in [0, 0.1) is 4.78 Å². The van der Waals surface area contributed by atoms with Gasteiger partial charge in [-0.05, 0) is 31.0 Å². The Bertz CT molecular complexity index is 1120. The Hall–Kier alpha value is -2.39. The van der Waals surface area contributed by atoms with Crippen LogP contribution in [0.3, 0.4) is 0 Å². The number of halogens is 1. The lowest BCUT2D eigenvalue weighted by Gasteiger charge is -2.10. The predicted octanol–water partition coefficient (Wildman–Crippen LogP) is 3.07. The van der Waals surface area contributed by atoms with Crippen LogP contribution in [0.15, 0.2) is 34.2 Å². The Morgan fingerprint density at radius 3 is 2.59 bits per heavy atom. The normalized spacial score (nSPS) is 13.6. The highest BCUT2D eigenvalue weighted by molar-refractivity contribution is 7.92. The van der Waals surface area contributed by atoms with Crippen LogP contribution in [0.5, 0.6) is 0 Å². The fourth-order valence-electron chi connectivity index (χ4n) is 2.75. The van der Waals surface area contributed by atoms with Gasteiger partial charge in [0.05, 0.1) is 6.54 Å². The van der Waals surface area contributed by atoms with Gasteiger partial charge in [-0.3, -0.25) is 4.57 Å². The molecule has 0 spiro atoms. The molecule has 3 rings (SSSR count). The van der Waals surface area contributed by atoms with Crippen LogP contribution in [0.4, 0.5) is 5.82 Å². The summed E-state index contributed by atoms with van der Waals surface area (Å²) in [6.07, 6.45) is 0.574. The molecule has 0 saturated heterocycles. The first-order chi connectivity index (χ1) is 12.9. The van der Waals surface area contributed by atoms with E-state index >= 15 is 0 Å². The smallest absolute Gasteiger partial charge is 0.328 e. The maximum absolute atomic E-state index is 12.7. The van der Waals surface area contributed by atoms with E-state index in [0.29, 0.717) is 35.0 Å². The number of rotatable bonds is 7. The van der Waals surface area contributed by atoms with Crippen molar-refractivity contribution in [3.63, 3.8) is 0 Å². The maximum Gasteiger partial charge on any atom is 0.328 e. The van der Waals surface area contributed by atoms with Crippen molar-refractivity contribution in [3.05, 3.63) is 45.3 Å². The number of fused-ring (bicyclic) bond motifs is 1. The van der Waals surface area contributed by atoms with E-state index in [9.17, 15) is 9.00 Å². The lowest BCUT2D eigenvalue weighted by atomic mass is 10.2. The van der Waals surface area contributed by atoms with Crippen molar-refractivity contribution in [2.75, 3.05) is 17.6 Å². The van der Waals surface area contributed by atoms with Crippen molar-refractivity contribution in [2.45, 2.75) is 32.0 Å². The van der Waals surface area contributed by atoms with Crippen LogP contribution in [0.25, 0.3) is 11.2 Å². The van der Waals surface area contributed by atoms with Crippen LogP contribution in [0.2, 0.25) is 5.02 Å². The molecule has 144 valence electrons. The van der Waals surface area contributed by atoms with E-state index in [2.05, 4.69) is 20.3 Å². The first-order valence-corrected chi connectivity index (χ1v) is 10.7. The van der Waals surface area contributed by atoms with Crippen LogP contribution < -0.4 is 11.0 Å². The van der Waals surface area contributed by atoms with E-state index in [-0.39, 0.29) is 23.1 Å². The molecule has 3 N–H and O–H groups in total. The molecule has 3 aromatic rings. The zero-order valence-corrected chi connectivity index (χ0v) is 16.7. The summed E-state index contributed by atoms with van der Waals surface area (Å²) in [4.78, 5) is 23.9. The number of nitrogens with zero attached hydrogens (tertiary/aromatic N) is 3. The number of hydrogen-bond donors (Lipinski definition) is 3. The van der Waals surface area contributed by atoms with E-state index in [1.807, 2.05) is 26.0 Å². The van der Waals surface area contributed by atoms with Crippen LogP contribution in [0.1, 0.15) is 25.8 Å². The quantitative estimate of drug-likeness (QED) is 0.519. The number of anilines is 1. The number of imidazole rings is 1. The van der Waals surface area contributed by atoms with Gasteiger partial charge < -0.3 is 10.3 Å². The zero-order valence-electron chi connectivity index (χ0n) is 15.1. The third-order valence-electron chi connectivity index (χ3n) is 3.99. The Morgan fingerprint density at radius 1 is 1.26 bits per heavy atom. The Balaban J connectivity index is 2.19. The van der Waals surface area contributed by atoms with Gasteiger partial charge in [0.1, 0.15) is 15.2 Å². The SMILES string of the molecule is CCCS(=N)(=O)c1nc(NCC)c2[nH]c(=O)n(Cc3ccc(Cl)cc3)c2n1. The van der Waals surface area contributed by atoms with Gasteiger partial charge in [0, 0.05) is 17.3 Å². The molecule has 0 amide bonds. The highest BCUT2D eigenvalue weighted by Gasteiger charge is 2.20. The Labute approximate surface area is 162 Å². The van der Waals surface area contributed by atoms with E-state index in [4.69, 9.17) is 16.4 Å². The van der Waals surface area contributed by atoms with Gasteiger partial charge >= 0.3 is 5.69 Å². The number of aromatic nitrogens is 4. The molecule has 1 aromatic carbocycles. The molecule has 8 nitrogen and oxygen atoms in total. The highest BCUT2D eigenvalue weighted by Crippen LogP contribution is 2.21. The van der Waals surface area contributed by atoms with Crippen molar-refractivity contribution in [1.82, 2.24) is 19.5 Å². The summed E-state index contributed by atoms with van der Waals surface area (Å²) < 4.78 is 22.3. The molecule has 2 aromatic heterocycles. The van der Waals surface area contributed by atoms with Crippen LogP contribution in [-0.2, 0) is 16.3 Å². The van der Waals surface area contributed by atoms with Gasteiger partial charge in [-0.25, -0.2) is 18.8 Å². The molecule has 0 aliphatic heterocycles. The Kier molecular flexibility index (Phi) is 5.52. The number of H-pyrrole nitrogens is 1. The van der Waals surface area contributed by atoms with E-state index in [1.54, 1.807) is 12.1 Å². The van der Waals surface area contributed by atoms with Gasteiger partial charge in [-0.15, -0.1) is 0 Å². The molecule has 0 aliphatic rings. The fourth-order valence-corrected chi connectivity index (χ4v) is 4.11. The standard InChI is InChI=1S/C17H21ClN6O2S/c1-3-9-27(19,26)16-22-14(20-4-2)13-15(23-16)24(17(25)21-13)10-11-5-7-12(18)8-6-11/h5-8,19H,3-4,9-10H2,1-2H3,(H,21,25)(H,20,22,23). The third-order valence-corrected chi connectivity index (χ3v) is 5.99.